The van der Waals surface area contributed by atoms with E-state index in [1.807, 2.05) is 0 Å². The molecule has 0 saturated carbocycles. The largest absolute Gasteiger partial charge is 0.280 e. The predicted molar refractivity (Wildman–Crippen MR) is 98.8 cm³/mol. The van der Waals surface area contributed by atoms with E-state index in [0.717, 1.165) is 0 Å². The summed E-state index contributed by atoms with van der Waals surface area (Å²) in [5.41, 5.74) is -0.539. The highest BCUT2D eigenvalue weighted by molar-refractivity contribution is 7.93. The van der Waals surface area contributed by atoms with Crippen molar-refractivity contribution in [3.63, 3.8) is 0 Å². The molecular weight excluding hydrogens is 384 g/mol. The highest BCUT2D eigenvalue weighted by Gasteiger charge is 2.23. The molecule has 0 fully saturated rings. The first-order valence-electron chi connectivity index (χ1n) is 7.32. The van der Waals surface area contributed by atoms with Crippen LogP contribution >= 0.6 is 11.6 Å². The SMILES string of the molecule is CC(C)(C)NS(=O)(=O)c1cccc(NS(=O)(=O)c2ccccc2Cl)c1. The number of sulfonamides is 2. The zero-order valence-electron chi connectivity index (χ0n) is 13.9. The number of nitrogens with one attached hydrogen (secondary N) is 2. The van der Waals surface area contributed by atoms with Crippen molar-refractivity contribution in [2.75, 3.05) is 4.72 Å². The Morgan fingerprint density at radius 3 is 2.12 bits per heavy atom. The maximum absolute atomic E-state index is 12.5. The van der Waals surface area contributed by atoms with Crippen LogP contribution in [-0.2, 0) is 20.0 Å². The minimum atomic E-state index is -3.94. The van der Waals surface area contributed by atoms with E-state index in [4.69, 9.17) is 11.6 Å². The molecule has 25 heavy (non-hydrogen) atoms. The second kappa shape index (κ2) is 6.95. The molecule has 0 heterocycles. The quantitative estimate of drug-likeness (QED) is 0.803. The van der Waals surface area contributed by atoms with Gasteiger partial charge in [-0.25, -0.2) is 21.6 Å². The molecule has 0 radical (unpaired) electrons. The Morgan fingerprint density at radius 2 is 1.52 bits per heavy atom. The lowest BCUT2D eigenvalue weighted by Crippen LogP contribution is -2.40. The molecule has 2 rings (SSSR count). The Kier molecular flexibility index (Phi) is 5.48. The molecule has 0 bridgehead atoms. The van der Waals surface area contributed by atoms with Crippen LogP contribution in [-0.4, -0.2) is 22.4 Å². The summed E-state index contributed by atoms with van der Waals surface area (Å²) in [6, 6.07) is 11.6. The van der Waals surface area contributed by atoms with Crippen molar-refractivity contribution in [2.24, 2.45) is 0 Å². The van der Waals surface area contributed by atoms with Gasteiger partial charge in [0.1, 0.15) is 4.90 Å². The predicted octanol–water partition coefficient (Wildman–Crippen LogP) is 3.22. The Bertz CT molecular complexity index is 981. The maximum Gasteiger partial charge on any atom is 0.263 e. The van der Waals surface area contributed by atoms with Gasteiger partial charge in [0.05, 0.1) is 15.6 Å². The van der Waals surface area contributed by atoms with E-state index in [-0.39, 0.29) is 20.5 Å². The average Bonchev–Trinajstić information content (AvgIpc) is 2.45. The summed E-state index contributed by atoms with van der Waals surface area (Å²) in [7, 11) is -7.72. The molecule has 2 N–H and O–H groups in total. The molecule has 136 valence electrons. The van der Waals surface area contributed by atoms with Gasteiger partial charge in [-0.1, -0.05) is 29.8 Å². The van der Waals surface area contributed by atoms with Gasteiger partial charge < -0.3 is 0 Å². The van der Waals surface area contributed by atoms with Crippen molar-refractivity contribution in [3.8, 4) is 0 Å². The molecule has 0 saturated heterocycles. The zero-order valence-corrected chi connectivity index (χ0v) is 16.3. The van der Waals surface area contributed by atoms with Gasteiger partial charge in [0.25, 0.3) is 10.0 Å². The molecule has 0 atom stereocenters. The van der Waals surface area contributed by atoms with E-state index >= 15 is 0 Å². The highest BCUT2D eigenvalue weighted by atomic mass is 35.5. The third-order valence-electron chi connectivity index (χ3n) is 2.96. The first kappa shape index (κ1) is 19.7. The highest BCUT2D eigenvalue weighted by Crippen LogP contribution is 2.24. The first-order valence-corrected chi connectivity index (χ1v) is 10.7. The normalized spacial score (nSPS) is 12.8. The lowest BCUT2D eigenvalue weighted by atomic mass is 10.1. The van der Waals surface area contributed by atoms with E-state index in [1.165, 1.54) is 36.4 Å². The number of hydrogen-bond donors (Lipinski definition) is 2. The van der Waals surface area contributed by atoms with Crippen LogP contribution in [0.5, 0.6) is 0 Å². The number of halogens is 1. The lowest BCUT2D eigenvalue weighted by Gasteiger charge is -2.20. The second-order valence-corrected chi connectivity index (χ2v) is 10.2. The van der Waals surface area contributed by atoms with Crippen molar-refractivity contribution in [3.05, 3.63) is 53.6 Å². The minimum absolute atomic E-state index is 0.0400. The summed E-state index contributed by atoms with van der Waals surface area (Å²) >= 11 is 5.93. The molecule has 0 spiro atoms. The monoisotopic (exact) mass is 402 g/mol. The Hall–Kier alpha value is -1.61. The zero-order chi connectivity index (χ0) is 18.9. The van der Waals surface area contributed by atoms with E-state index in [9.17, 15) is 16.8 Å². The van der Waals surface area contributed by atoms with Gasteiger partial charge >= 0.3 is 0 Å². The van der Waals surface area contributed by atoms with Crippen LogP contribution in [0.15, 0.2) is 58.3 Å². The molecule has 2 aromatic carbocycles. The van der Waals surface area contributed by atoms with E-state index in [2.05, 4.69) is 9.44 Å². The molecule has 0 aliphatic heterocycles. The molecule has 0 aliphatic rings. The summed E-state index contributed by atoms with van der Waals surface area (Å²) < 4.78 is 54.5. The first-order chi connectivity index (χ1) is 11.4. The van der Waals surface area contributed by atoms with Crippen LogP contribution < -0.4 is 9.44 Å². The number of hydrogen-bond acceptors (Lipinski definition) is 4. The van der Waals surface area contributed by atoms with Gasteiger partial charge in [0.15, 0.2) is 0 Å². The van der Waals surface area contributed by atoms with Gasteiger partial charge in [-0.15, -0.1) is 0 Å². The van der Waals surface area contributed by atoms with Gasteiger partial charge in [-0.2, -0.15) is 0 Å². The topological polar surface area (TPSA) is 92.3 Å². The minimum Gasteiger partial charge on any atom is -0.280 e. The third kappa shape index (κ3) is 5.18. The van der Waals surface area contributed by atoms with Gasteiger partial charge in [0.2, 0.25) is 10.0 Å². The molecule has 9 heteroatoms. The van der Waals surface area contributed by atoms with E-state index in [0.29, 0.717) is 0 Å². The number of rotatable bonds is 5. The summed E-state index contributed by atoms with van der Waals surface area (Å²) in [5, 5.41) is 0.0770. The molecular formula is C16H19ClN2O4S2. The average molecular weight is 403 g/mol. The Morgan fingerprint density at radius 1 is 0.880 bits per heavy atom. The third-order valence-corrected chi connectivity index (χ3v) is 6.60. The van der Waals surface area contributed by atoms with Gasteiger partial charge in [-0.3, -0.25) is 4.72 Å². The summed E-state index contributed by atoms with van der Waals surface area (Å²) in [5.74, 6) is 0. The van der Waals surface area contributed by atoms with Gasteiger partial charge in [-0.05, 0) is 51.1 Å². The molecule has 0 amide bonds. The van der Waals surface area contributed by atoms with Crippen molar-refractivity contribution >= 4 is 37.3 Å². The second-order valence-electron chi connectivity index (χ2n) is 6.42. The van der Waals surface area contributed by atoms with Crippen LogP contribution in [0, 0.1) is 0 Å². The standard InChI is InChI=1S/C16H19ClN2O4S2/c1-16(2,3)19-24(20,21)13-8-6-7-12(11-13)18-25(22,23)15-10-5-4-9-14(15)17/h4-11,18-19H,1-3H3. The van der Waals surface area contributed by atoms with Crippen LogP contribution in [0.4, 0.5) is 5.69 Å². The molecule has 0 aliphatic carbocycles. The molecule has 6 nitrogen and oxygen atoms in total. The summed E-state index contributed by atoms with van der Waals surface area (Å²) in [6.45, 7) is 5.15. The van der Waals surface area contributed by atoms with Crippen LogP contribution in [0.2, 0.25) is 5.02 Å². The van der Waals surface area contributed by atoms with E-state index < -0.39 is 25.6 Å². The van der Waals surface area contributed by atoms with Crippen molar-refractivity contribution in [1.82, 2.24) is 4.72 Å². The van der Waals surface area contributed by atoms with Crippen molar-refractivity contribution in [2.45, 2.75) is 36.1 Å². The lowest BCUT2D eigenvalue weighted by molar-refractivity contribution is 0.491. The van der Waals surface area contributed by atoms with E-state index in [1.54, 1.807) is 32.9 Å². The maximum atomic E-state index is 12.5. The molecule has 0 aromatic heterocycles. The fourth-order valence-corrected chi connectivity index (χ4v) is 5.10. The molecule has 0 unspecified atom stereocenters. The van der Waals surface area contributed by atoms with Crippen LogP contribution in [0.25, 0.3) is 0 Å². The number of benzene rings is 2. The summed E-state index contributed by atoms with van der Waals surface area (Å²) in [6.07, 6.45) is 0. The molecule has 2 aromatic rings. The summed E-state index contributed by atoms with van der Waals surface area (Å²) in [4.78, 5) is -0.125. The van der Waals surface area contributed by atoms with Crippen LogP contribution in [0.1, 0.15) is 20.8 Å². The number of anilines is 1. The smallest absolute Gasteiger partial charge is 0.263 e. The van der Waals surface area contributed by atoms with Crippen molar-refractivity contribution in [1.29, 1.82) is 0 Å². The van der Waals surface area contributed by atoms with Crippen LogP contribution in [0.3, 0.4) is 0 Å². The van der Waals surface area contributed by atoms with Gasteiger partial charge in [0, 0.05) is 5.54 Å². The van der Waals surface area contributed by atoms with Crippen molar-refractivity contribution < 1.29 is 16.8 Å². The fraction of sp³-hybridized carbons (Fsp3) is 0.250. The Labute approximate surface area is 153 Å². The Balaban J connectivity index is 2.36. The fourth-order valence-electron chi connectivity index (χ4n) is 2.06.